The van der Waals surface area contributed by atoms with Gasteiger partial charge in [0.15, 0.2) is 11.5 Å². The number of carbonyl (C=O) groups excluding carboxylic acids is 2. The Balaban J connectivity index is 1.39. The van der Waals surface area contributed by atoms with E-state index in [1.54, 1.807) is 11.0 Å². The SMILES string of the molecule is O=C1NC2=C(C(=O)N(CCc3ccccc3)C2)C(c2ccc3c(c2)OCO3)N1. The van der Waals surface area contributed by atoms with Crippen LogP contribution in [0.25, 0.3) is 0 Å². The highest BCUT2D eigenvalue weighted by molar-refractivity contribution is 6.01. The van der Waals surface area contributed by atoms with Gasteiger partial charge in [0, 0.05) is 6.54 Å². The minimum atomic E-state index is -0.507. The molecule has 0 spiro atoms. The molecule has 0 saturated carbocycles. The molecule has 3 aliphatic rings. The van der Waals surface area contributed by atoms with E-state index in [4.69, 9.17) is 9.47 Å². The number of nitrogens with zero attached hydrogens (tertiary/aromatic N) is 1. The van der Waals surface area contributed by atoms with E-state index in [1.807, 2.05) is 42.5 Å². The number of urea groups is 1. The van der Waals surface area contributed by atoms with E-state index in [0.29, 0.717) is 35.9 Å². The number of nitrogens with one attached hydrogen (secondary N) is 2. The molecule has 0 aliphatic carbocycles. The number of benzene rings is 2. The number of hydrogen-bond acceptors (Lipinski definition) is 4. The quantitative estimate of drug-likeness (QED) is 0.855. The van der Waals surface area contributed by atoms with Crippen LogP contribution in [0.4, 0.5) is 4.79 Å². The predicted octanol–water partition coefficient (Wildman–Crippen LogP) is 2.11. The minimum Gasteiger partial charge on any atom is -0.454 e. The first kappa shape index (κ1) is 16.7. The molecular formula is C21H19N3O4. The van der Waals surface area contributed by atoms with E-state index in [1.165, 1.54) is 5.56 Å². The summed E-state index contributed by atoms with van der Waals surface area (Å²) in [5.74, 6) is 1.24. The third-order valence-corrected chi connectivity index (χ3v) is 5.26. The fraction of sp³-hybridized carbons (Fsp3) is 0.238. The van der Waals surface area contributed by atoms with Gasteiger partial charge in [-0.1, -0.05) is 36.4 Å². The minimum absolute atomic E-state index is 0.0545. The second-order valence-corrected chi connectivity index (χ2v) is 7.00. The van der Waals surface area contributed by atoms with E-state index >= 15 is 0 Å². The van der Waals surface area contributed by atoms with Crippen LogP contribution in [0.2, 0.25) is 0 Å². The summed E-state index contributed by atoms with van der Waals surface area (Å²) in [6, 6.07) is 14.7. The summed E-state index contributed by atoms with van der Waals surface area (Å²) < 4.78 is 10.8. The molecule has 0 aromatic heterocycles. The molecule has 0 saturated heterocycles. The number of fused-ring (bicyclic) bond motifs is 1. The van der Waals surface area contributed by atoms with Gasteiger partial charge in [0.1, 0.15) is 0 Å². The Kier molecular flexibility index (Phi) is 3.93. The van der Waals surface area contributed by atoms with Gasteiger partial charge in [0.05, 0.1) is 23.9 Å². The normalized spacial score (nSPS) is 20.1. The topological polar surface area (TPSA) is 79.9 Å². The maximum atomic E-state index is 13.1. The van der Waals surface area contributed by atoms with Crippen molar-refractivity contribution in [3.05, 3.63) is 70.9 Å². The molecule has 2 aromatic carbocycles. The van der Waals surface area contributed by atoms with Crippen molar-refractivity contribution in [1.82, 2.24) is 15.5 Å². The van der Waals surface area contributed by atoms with Crippen LogP contribution in [0.5, 0.6) is 11.5 Å². The number of rotatable bonds is 4. The monoisotopic (exact) mass is 377 g/mol. The summed E-state index contributed by atoms with van der Waals surface area (Å²) in [5, 5.41) is 5.67. The van der Waals surface area contributed by atoms with E-state index in [9.17, 15) is 9.59 Å². The molecular weight excluding hydrogens is 358 g/mol. The highest BCUT2D eigenvalue weighted by Gasteiger charge is 2.40. The van der Waals surface area contributed by atoms with Crippen molar-refractivity contribution >= 4 is 11.9 Å². The molecule has 2 aromatic rings. The Morgan fingerprint density at radius 2 is 1.86 bits per heavy atom. The van der Waals surface area contributed by atoms with Gasteiger partial charge in [-0.3, -0.25) is 4.79 Å². The summed E-state index contributed by atoms with van der Waals surface area (Å²) >= 11 is 0. The number of carbonyl (C=O) groups is 2. The van der Waals surface area contributed by atoms with Crippen LogP contribution in [0.15, 0.2) is 59.8 Å². The van der Waals surface area contributed by atoms with Gasteiger partial charge < -0.3 is 25.0 Å². The van der Waals surface area contributed by atoms with Crippen molar-refractivity contribution in [2.24, 2.45) is 0 Å². The Labute approximate surface area is 161 Å². The summed E-state index contributed by atoms with van der Waals surface area (Å²) in [6.45, 7) is 1.19. The Morgan fingerprint density at radius 1 is 1.04 bits per heavy atom. The van der Waals surface area contributed by atoms with Crippen LogP contribution in [0.3, 0.4) is 0 Å². The van der Waals surface area contributed by atoms with Gasteiger partial charge in [-0.05, 0) is 29.7 Å². The van der Waals surface area contributed by atoms with Crippen LogP contribution in [-0.4, -0.2) is 36.7 Å². The van der Waals surface area contributed by atoms with Gasteiger partial charge in [0.25, 0.3) is 5.91 Å². The van der Waals surface area contributed by atoms with Gasteiger partial charge in [-0.2, -0.15) is 0 Å². The number of hydrogen-bond donors (Lipinski definition) is 2. The Bertz CT molecular complexity index is 986. The smallest absolute Gasteiger partial charge is 0.319 e. The van der Waals surface area contributed by atoms with Crippen molar-refractivity contribution in [1.29, 1.82) is 0 Å². The van der Waals surface area contributed by atoms with Gasteiger partial charge in [-0.15, -0.1) is 0 Å². The molecule has 0 fully saturated rings. The second kappa shape index (κ2) is 6.60. The zero-order valence-corrected chi connectivity index (χ0v) is 15.1. The third kappa shape index (κ3) is 2.85. The lowest BCUT2D eigenvalue weighted by atomic mass is 9.96. The summed E-state index contributed by atoms with van der Waals surface area (Å²) in [6.07, 6.45) is 0.767. The standard InChI is InChI=1S/C21H19N3O4/c25-20-18-15(11-24(20)9-8-13-4-2-1-3-5-13)22-21(26)23-19(18)14-6-7-16-17(10-14)28-12-27-16/h1-7,10,19H,8-9,11-12H2,(H2,22,23,26). The molecule has 3 amide bonds. The molecule has 142 valence electrons. The first-order valence-corrected chi connectivity index (χ1v) is 9.22. The van der Waals surface area contributed by atoms with Crippen LogP contribution < -0.4 is 20.1 Å². The second-order valence-electron chi connectivity index (χ2n) is 7.00. The Hall–Kier alpha value is -3.48. The summed E-state index contributed by atoms with van der Waals surface area (Å²) in [4.78, 5) is 27.1. The molecule has 1 atom stereocenters. The fourth-order valence-electron chi connectivity index (χ4n) is 3.86. The van der Waals surface area contributed by atoms with E-state index in [-0.39, 0.29) is 18.7 Å². The molecule has 1 unspecified atom stereocenters. The molecule has 7 heteroatoms. The van der Waals surface area contributed by atoms with Crippen LogP contribution in [0, 0.1) is 0 Å². The molecule has 28 heavy (non-hydrogen) atoms. The molecule has 7 nitrogen and oxygen atoms in total. The number of ether oxygens (including phenoxy) is 2. The van der Waals surface area contributed by atoms with Crippen molar-refractivity contribution in [2.45, 2.75) is 12.5 Å². The average molecular weight is 377 g/mol. The van der Waals surface area contributed by atoms with E-state index in [2.05, 4.69) is 10.6 Å². The van der Waals surface area contributed by atoms with Gasteiger partial charge >= 0.3 is 6.03 Å². The Morgan fingerprint density at radius 3 is 2.71 bits per heavy atom. The lowest BCUT2D eigenvalue weighted by Crippen LogP contribution is -2.44. The maximum Gasteiger partial charge on any atom is 0.319 e. The molecule has 3 heterocycles. The van der Waals surface area contributed by atoms with Crippen molar-refractivity contribution in [3.63, 3.8) is 0 Å². The summed E-state index contributed by atoms with van der Waals surface area (Å²) in [5.41, 5.74) is 3.23. The average Bonchev–Trinajstić information content (AvgIpc) is 3.30. The predicted molar refractivity (Wildman–Crippen MR) is 101 cm³/mol. The first-order valence-electron chi connectivity index (χ1n) is 9.22. The van der Waals surface area contributed by atoms with Crippen molar-refractivity contribution < 1.29 is 19.1 Å². The van der Waals surface area contributed by atoms with Crippen LogP contribution in [0.1, 0.15) is 17.2 Å². The highest BCUT2D eigenvalue weighted by atomic mass is 16.7. The molecule has 2 N–H and O–H groups in total. The molecule has 5 rings (SSSR count). The molecule has 0 bridgehead atoms. The zero-order chi connectivity index (χ0) is 19.1. The van der Waals surface area contributed by atoms with E-state index < -0.39 is 6.04 Å². The molecule has 0 radical (unpaired) electrons. The van der Waals surface area contributed by atoms with Gasteiger partial charge in [-0.25, -0.2) is 4.79 Å². The number of amides is 3. The van der Waals surface area contributed by atoms with Gasteiger partial charge in [0.2, 0.25) is 6.79 Å². The fourth-order valence-corrected chi connectivity index (χ4v) is 3.86. The summed E-state index contributed by atoms with van der Waals surface area (Å²) in [7, 11) is 0. The highest BCUT2D eigenvalue weighted by Crippen LogP contribution is 2.38. The van der Waals surface area contributed by atoms with E-state index in [0.717, 1.165) is 12.0 Å². The third-order valence-electron chi connectivity index (χ3n) is 5.26. The van der Waals surface area contributed by atoms with Crippen molar-refractivity contribution in [2.75, 3.05) is 19.9 Å². The largest absolute Gasteiger partial charge is 0.454 e. The zero-order valence-electron chi connectivity index (χ0n) is 15.1. The first-order chi connectivity index (χ1) is 13.7. The lowest BCUT2D eigenvalue weighted by molar-refractivity contribution is -0.125. The maximum absolute atomic E-state index is 13.1. The molecule has 3 aliphatic heterocycles. The van der Waals surface area contributed by atoms with Crippen molar-refractivity contribution in [3.8, 4) is 11.5 Å². The van der Waals surface area contributed by atoms with Crippen LogP contribution in [-0.2, 0) is 11.2 Å². The van der Waals surface area contributed by atoms with Crippen LogP contribution >= 0.6 is 0 Å². The lowest BCUT2D eigenvalue weighted by Gasteiger charge is -2.25.